The van der Waals surface area contributed by atoms with Crippen molar-refractivity contribution in [1.29, 1.82) is 5.26 Å². The maximum atomic E-state index is 12.8. The number of rotatable bonds is 8. The quantitative estimate of drug-likeness (QED) is 0.510. The molecule has 1 N–H and O–H groups in total. The molecule has 2 atom stereocenters. The van der Waals surface area contributed by atoms with E-state index in [4.69, 9.17) is 10.00 Å². The van der Waals surface area contributed by atoms with E-state index in [2.05, 4.69) is 10.1 Å². The summed E-state index contributed by atoms with van der Waals surface area (Å²) in [5, 5.41) is 11.2. The smallest absolute Gasteiger partial charge is 0.343 e. The van der Waals surface area contributed by atoms with Gasteiger partial charge in [-0.25, -0.2) is 13.2 Å². The van der Waals surface area contributed by atoms with Gasteiger partial charge < -0.3 is 14.8 Å². The second-order valence-corrected chi connectivity index (χ2v) is 8.68. The normalized spacial score (nSPS) is 19.3. The molecule has 1 fully saturated rings. The molecule has 2 unspecified atom stereocenters. The maximum absolute atomic E-state index is 12.8. The number of benzene rings is 1. The lowest BCUT2D eigenvalue weighted by molar-refractivity contribution is -0.142. The molecule has 0 aliphatic heterocycles. The molecule has 1 aliphatic rings. The first kappa shape index (κ1) is 21.7. The molecule has 1 aromatic rings. The first-order valence-electron chi connectivity index (χ1n) is 9.04. The molecule has 2 rings (SSSR count). The Bertz CT molecular complexity index is 829. The maximum Gasteiger partial charge on any atom is 0.343 e. The number of hydrogen-bond acceptors (Lipinski definition) is 7. The third-order valence-corrected chi connectivity index (χ3v) is 6.65. The lowest BCUT2D eigenvalue weighted by atomic mass is 9.80. The molecule has 1 amide bonds. The summed E-state index contributed by atoms with van der Waals surface area (Å²) in [6, 6.07) is 7.67. The van der Waals surface area contributed by atoms with E-state index in [1.54, 1.807) is 0 Å². The van der Waals surface area contributed by atoms with Crippen LogP contribution in [-0.4, -0.2) is 46.3 Å². The molecular formula is C19H24N2O6S. The molecule has 1 aromatic carbocycles. The van der Waals surface area contributed by atoms with Crippen LogP contribution < -0.4 is 10.1 Å². The first-order chi connectivity index (χ1) is 13.4. The van der Waals surface area contributed by atoms with Gasteiger partial charge in [0.05, 0.1) is 23.8 Å². The molecule has 152 valence electrons. The third-order valence-electron chi connectivity index (χ3n) is 4.79. The highest BCUT2D eigenvalue weighted by Crippen LogP contribution is 2.33. The number of hydrogen-bond donors (Lipinski definition) is 1. The number of nitriles is 1. The number of nitrogens with one attached hydrogen (secondary N) is 1. The van der Waals surface area contributed by atoms with Gasteiger partial charge in [-0.2, -0.15) is 5.26 Å². The van der Waals surface area contributed by atoms with Gasteiger partial charge in [0.15, 0.2) is 16.4 Å². The van der Waals surface area contributed by atoms with Gasteiger partial charge in [-0.05, 0) is 43.0 Å². The van der Waals surface area contributed by atoms with Crippen LogP contribution >= 0.6 is 0 Å². The number of esters is 1. The Kier molecular flexibility index (Phi) is 7.81. The zero-order valence-electron chi connectivity index (χ0n) is 15.7. The van der Waals surface area contributed by atoms with E-state index in [0.29, 0.717) is 18.6 Å². The van der Waals surface area contributed by atoms with Crippen LogP contribution in [0.25, 0.3) is 0 Å². The lowest BCUT2D eigenvalue weighted by Gasteiger charge is -2.30. The Morgan fingerprint density at radius 2 is 1.89 bits per heavy atom. The summed E-state index contributed by atoms with van der Waals surface area (Å²) in [5.41, 5.74) is 0. The minimum absolute atomic E-state index is 0.0815. The van der Waals surface area contributed by atoms with Crippen LogP contribution in [-0.2, 0) is 24.2 Å². The van der Waals surface area contributed by atoms with Crippen molar-refractivity contribution < 1.29 is 27.5 Å². The van der Waals surface area contributed by atoms with E-state index in [9.17, 15) is 18.0 Å². The van der Waals surface area contributed by atoms with Crippen LogP contribution in [0, 0.1) is 23.2 Å². The van der Waals surface area contributed by atoms with Crippen molar-refractivity contribution in [3.05, 3.63) is 24.3 Å². The zero-order chi connectivity index (χ0) is 20.6. The predicted octanol–water partition coefficient (Wildman–Crippen LogP) is 1.46. The summed E-state index contributed by atoms with van der Waals surface area (Å²) in [6.45, 7) is -0.341. The monoisotopic (exact) mass is 408 g/mol. The van der Waals surface area contributed by atoms with E-state index < -0.39 is 21.7 Å². The number of nitrogens with zero attached hydrogens (tertiary/aromatic N) is 1. The topological polar surface area (TPSA) is 123 Å². The Morgan fingerprint density at radius 1 is 1.21 bits per heavy atom. The van der Waals surface area contributed by atoms with Gasteiger partial charge >= 0.3 is 5.97 Å². The van der Waals surface area contributed by atoms with Gasteiger partial charge in [-0.1, -0.05) is 12.8 Å². The first-order valence-corrected chi connectivity index (χ1v) is 10.7. The highest BCUT2D eigenvalue weighted by atomic mass is 32.2. The molecule has 0 saturated heterocycles. The molecule has 28 heavy (non-hydrogen) atoms. The van der Waals surface area contributed by atoms with Crippen molar-refractivity contribution >= 4 is 21.7 Å². The third kappa shape index (κ3) is 5.96. The number of carbonyl (C=O) groups excluding carboxylic acids is 2. The van der Waals surface area contributed by atoms with Gasteiger partial charge in [0.2, 0.25) is 5.91 Å². The Labute approximate surface area is 164 Å². The highest BCUT2D eigenvalue weighted by Gasteiger charge is 2.34. The second-order valence-electron chi connectivity index (χ2n) is 6.64. The highest BCUT2D eigenvalue weighted by molar-refractivity contribution is 7.91. The molecule has 1 aliphatic carbocycles. The fourth-order valence-corrected chi connectivity index (χ4v) is 5.04. The summed E-state index contributed by atoms with van der Waals surface area (Å²) in [5.74, 6) is -1.24. The molecule has 0 heterocycles. The summed E-state index contributed by atoms with van der Waals surface area (Å²) in [4.78, 5) is 23.5. The summed E-state index contributed by atoms with van der Waals surface area (Å²) < 4.78 is 35.3. The van der Waals surface area contributed by atoms with E-state index in [1.165, 1.54) is 31.4 Å². The van der Waals surface area contributed by atoms with Crippen molar-refractivity contribution in [2.24, 2.45) is 11.8 Å². The summed E-state index contributed by atoms with van der Waals surface area (Å²) in [6.07, 6.45) is 3.03. The van der Waals surface area contributed by atoms with E-state index in [-0.39, 0.29) is 35.6 Å². The predicted molar refractivity (Wildman–Crippen MR) is 100 cm³/mol. The number of amides is 1. The SMILES string of the molecule is COC(=O)COc1ccc(S(=O)(=O)CC2CCCCC2C(=O)NCC#N)cc1. The summed E-state index contributed by atoms with van der Waals surface area (Å²) in [7, 11) is -2.34. The molecule has 9 heteroatoms. The van der Waals surface area contributed by atoms with Crippen molar-refractivity contribution in [2.75, 3.05) is 26.0 Å². The fraction of sp³-hybridized carbons (Fsp3) is 0.526. The van der Waals surface area contributed by atoms with Gasteiger partial charge in [-0.3, -0.25) is 4.79 Å². The number of carbonyl (C=O) groups is 2. The standard InChI is InChI=1S/C19H24N2O6S/c1-26-18(22)12-27-15-6-8-16(9-7-15)28(24,25)13-14-4-2-3-5-17(14)19(23)21-11-10-20/h6-9,14,17H,2-5,11-13H2,1H3,(H,21,23). The molecule has 1 saturated carbocycles. The molecule has 0 radical (unpaired) electrons. The Hall–Kier alpha value is -2.60. The van der Waals surface area contributed by atoms with Crippen molar-refractivity contribution in [3.8, 4) is 11.8 Å². The number of methoxy groups -OCH3 is 1. The van der Waals surface area contributed by atoms with Gasteiger partial charge in [0.1, 0.15) is 12.3 Å². The second kappa shape index (κ2) is 10.1. The van der Waals surface area contributed by atoms with E-state index >= 15 is 0 Å². The molecule has 0 spiro atoms. The van der Waals surface area contributed by atoms with Crippen LogP contribution in [0.4, 0.5) is 0 Å². The zero-order valence-corrected chi connectivity index (χ0v) is 16.5. The Morgan fingerprint density at radius 3 is 2.54 bits per heavy atom. The molecular weight excluding hydrogens is 384 g/mol. The Balaban J connectivity index is 2.05. The molecule has 0 bridgehead atoms. The van der Waals surface area contributed by atoms with Crippen LogP contribution in [0.3, 0.4) is 0 Å². The average Bonchev–Trinajstić information content (AvgIpc) is 2.70. The number of sulfone groups is 1. The largest absolute Gasteiger partial charge is 0.482 e. The minimum atomic E-state index is -3.59. The lowest BCUT2D eigenvalue weighted by Crippen LogP contribution is -2.39. The van der Waals surface area contributed by atoms with Gasteiger partial charge in [-0.15, -0.1) is 0 Å². The minimum Gasteiger partial charge on any atom is -0.482 e. The van der Waals surface area contributed by atoms with Gasteiger partial charge in [0.25, 0.3) is 0 Å². The van der Waals surface area contributed by atoms with Crippen molar-refractivity contribution in [3.63, 3.8) is 0 Å². The van der Waals surface area contributed by atoms with Gasteiger partial charge in [0, 0.05) is 5.92 Å². The van der Waals surface area contributed by atoms with E-state index in [1.807, 2.05) is 6.07 Å². The number of ether oxygens (including phenoxy) is 2. The fourth-order valence-electron chi connectivity index (χ4n) is 3.33. The molecule has 8 nitrogen and oxygen atoms in total. The van der Waals surface area contributed by atoms with Crippen molar-refractivity contribution in [2.45, 2.75) is 30.6 Å². The molecule has 0 aromatic heterocycles. The summed E-state index contributed by atoms with van der Waals surface area (Å²) >= 11 is 0. The van der Waals surface area contributed by atoms with Crippen molar-refractivity contribution in [1.82, 2.24) is 5.32 Å². The van der Waals surface area contributed by atoms with E-state index in [0.717, 1.165) is 12.8 Å². The van der Waals surface area contributed by atoms with Crippen LogP contribution in [0.15, 0.2) is 29.2 Å². The average molecular weight is 408 g/mol. The van der Waals surface area contributed by atoms with Crippen LogP contribution in [0.5, 0.6) is 5.75 Å². The van der Waals surface area contributed by atoms with Crippen LogP contribution in [0.2, 0.25) is 0 Å². The van der Waals surface area contributed by atoms with Crippen LogP contribution in [0.1, 0.15) is 25.7 Å².